The summed E-state index contributed by atoms with van der Waals surface area (Å²) in [4.78, 5) is 19.4. The predicted molar refractivity (Wildman–Crippen MR) is 96.4 cm³/mol. The third kappa shape index (κ3) is 3.79. The topological polar surface area (TPSA) is 70.7 Å². The van der Waals surface area contributed by atoms with Crippen LogP contribution in [0.15, 0.2) is 15.6 Å². The second kappa shape index (κ2) is 7.36. The Bertz CT molecular complexity index is 762. The zero-order valence-electron chi connectivity index (χ0n) is 13.6. The van der Waals surface area contributed by atoms with E-state index in [9.17, 15) is 4.79 Å². The van der Waals surface area contributed by atoms with Crippen LogP contribution >= 0.6 is 22.9 Å². The lowest BCUT2D eigenvalue weighted by Crippen LogP contribution is -2.29. The van der Waals surface area contributed by atoms with Crippen molar-refractivity contribution in [3.05, 3.63) is 33.2 Å². The Morgan fingerprint density at radius 2 is 2.17 bits per heavy atom. The van der Waals surface area contributed by atoms with E-state index in [4.69, 9.17) is 16.0 Å². The number of hydrogen-bond acceptors (Lipinski definition) is 6. The van der Waals surface area contributed by atoms with Gasteiger partial charge in [0.05, 0.1) is 16.7 Å². The number of furan rings is 1. The van der Waals surface area contributed by atoms with E-state index in [1.54, 1.807) is 19.9 Å². The van der Waals surface area contributed by atoms with Gasteiger partial charge < -0.3 is 9.32 Å². The van der Waals surface area contributed by atoms with Crippen molar-refractivity contribution in [2.75, 3.05) is 18.0 Å². The maximum absolute atomic E-state index is 12.1. The van der Waals surface area contributed by atoms with E-state index in [-0.39, 0.29) is 5.91 Å². The molecule has 3 heterocycles. The average molecular weight is 367 g/mol. The summed E-state index contributed by atoms with van der Waals surface area (Å²) in [5, 5.41) is 5.31. The molecular weight excluding hydrogens is 348 g/mol. The number of piperidine rings is 1. The molecule has 0 spiro atoms. The van der Waals surface area contributed by atoms with Crippen LogP contribution in [-0.2, 0) is 0 Å². The van der Waals surface area contributed by atoms with Crippen molar-refractivity contribution in [1.82, 2.24) is 10.4 Å². The summed E-state index contributed by atoms with van der Waals surface area (Å²) in [5.41, 5.74) is 2.98. The molecule has 1 N–H and O–H groups in total. The Kier molecular flexibility index (Phi) is 5.20. The number of carbonyl (C=O) groups excluding carboxylic acids is 1. The first kappa shape index (κ1) is 17.0. The molecule has 3 rings (SSSR count). The lowest BCUT2D eigenvalue weighted by atomic mass is 10.1. The summed E-state index contributed by atoms with van der Waals surface area (Å²) in [6, 6.07) is 1.69. The lowest BCUT2D eigenvalue weighted by molar-refractivity contribution is 0.0953. The van der Waals surface area contributed by atoms with E-state index in [0.29, 0.717) is 22.2 Å². The molecule has 2 aromatic heterocycles. The number of rotatable bonds is 4. The van der Waals surface area contributed by atoms with Gasteiger partial charge >= 0.3 is 0 Å². The maximum Gasteiger partial charge on any atom is 0.274 e. The first-order valence-corrected chi connectivity index (χ1v) is 9.06. The van der Waals surface area contributed by atoms with E-state index in [2.05, 4.69) is 20.4 Å². The molecule has 1 fully saturated rings. The molecule has 0 atom stereocenters. The highest BCUT2D eigenvalue weighted by atomic mass is 35.5. The smallest absolute Gasteiger partial charge is 0.274 e. The fourth-order valence-electron chi connectivity index (χ4n) is 2.67. The van der Waals surface area contributed by atoms with Gasteiger partial charge in [-0.2, -0.15) is 5.10 Å². The molecule has 0 unspecified atom stereocenters. The first-order chi connectivity index (χ1) is 11.5. The Labute approximate surface area is 149 Å². The van der Waals surface area contributed by atoms with Crippen molar-refractivity contribution < 1.29 is 9.21 Å². The van der Waals surface area contributed by atoms with E-state index in [1.807, 2.05) is 0 Å². The Balaban J connectivity index is 1.65. The second-order valence-corrected chi connectivity index (χ2v) is 7.09. The fourth-order valence-corrected chi connectivity index (χ4v) is 3.84. The highest BCUT2D eigenvalue weighted by Crippen LogP contribution is 2.30. The van der Waals surface area contributed by atoms with Crippen molar-refractivity contribution in [3.63, 3.8) is 0 Å². The number of nitrogens with zero attached hydrogens (tertiary/aromatic N) is 3. The Hall–Kier alpha value is -1.86. The van der Waals surface area contributed by atoms with Gasteiger partial charge in [0.2, 0.25) is 0 Å². The fraction of sp³-hybridized carbons (Fsp3) is 0.438. The minimum Gasteiger partial charge on any atom is -0.466 e. The van der Waals surface area contributed by atoms with Crippen LogP contribution in [0.1, 0.15) is 46.0 Å². The quantitative estimate of drug-likeness (QED) is 0.660. The van der Waals surface area contributed by atoms with E-state index in [0.717, 1.165) is 23.1 Å². The summed E-state index contributed by atoms with van der Waals surface area (Å²) in [6.45, 7) is 5.56. The molecule has 1 aliphatic rings. The van der Waals surface area contributed by atoms with Gasteiger partial charge in [-0.05, 0) is 39.2 Å². The van der Waals surface area contributed by atoms with Crippen molar-refractivity contribution in [1.29, 1.82) is 0 Å². The molecule has 1 saturated heterocycles. The number of hydrazone groups is 1. The number of hydrogen-bond donors (Lipinski definition) is 1. The first-order valence-electron chi connectivity index (χ1n) is 7.86. The SMILES string of the molecule is Cc1cc(C(=O)N/N=C\c2sc(N3CCCCC3)nc2Cl)c(C)o1. The average Bonchev–Trinajstić information content (AvgIpc) is 3.10. The van der Waals surface area contributed by atoms with Crippen LogP contribution in [0.4, 0.5) is 5.13 Å². The molecular formula is C16H19ClN4O2S. The van der Waals surface area contributed by atoms with Gasteiger partial charge in [-0.15, -0.1) is 0 Å². The van der Waals surface area contributed by atoms with Gasteiger partial charge in [0, 0.05) is 13.1 Å². The monoisotopic (exact) mass is 366 g/mol. The number of aryl methyl sites for hydroxylation is 2. The van der Waals surface area contributed by atoms with Gasteiger partial charge in [0.25, 0.3) is 5.91 Å². The van der Waals surface area contributed by atoms with Crippen molar-refractivity contribution in [2.45, 2.75) is 33.1 Å². The second-order valence-electron chi connectivity index (χ2n) is 5.73. The van der Waals surface area contributed by atoms with E-state index < -0.39 is 0 Å². The number of amides is 1. The molecule has 8 heteroatoms. The van der Waals surface area contributed by atoms with Crippen LogP contribution in [0.3, 0.4) is 0 Å². The molecule has 6 nitrogen and oxygen atoms in total. The zero-order valence-corrected chi connectivity index (χ0v) is 15.2. The number of aromatic nitrogens is 1. The third-order valence-corrected chi connectivity index (χ3v) is 5.31. The van der Waals surface area contributed by atoms with Crippen LogP contribution in [0.5, 0.6) is 0 Å². The Morgan fingerprint density at radius 1 is 1.42 bits per heavy atom. The third-order valence-electron chi connectivity index (χ3n) is 3.86. The van der Waals surface area contributed by atoms with Crippen LogP contribution in [0, 0.1) is 13.8 Å². The number of halogens is 1. The van der Waals surface area contributed by atoms with E-state index in [1.165, 1.54) is 36.8 Å². The summed E-state index contributed by atoms with van der Waals surface area (Å²) in [7, 11) is 0. The molecule has 1 aliphatic heterocycles. The number of nitrogens with one attached hydrogen (secondary N) is 1. The van der Waals surface area contributed by atoms with Crippen LogP contribution in [0.2, 0.25) is 5.15 Å². The van der Waals surface area contributed by atoms with E-state index >= 15 is 0 Å². The summed E-state index contributed by atoms with van der Waals surface area (Å²) in [6.07, 6.45) is 5.16. The van der Waals surface area contributed by atoms with Gasteiger partial charge in [-0.1, -0.05) is 22.9 Å². The van der Waals surface area contributed by atoms with Gasteiger partial charge in [0.15, 0.2) is 10.3 Å². The van der Waals surface area contributed by atoms with Crippen LogP contribution in [-0.4, -0.2) is 30.2 Å². The molecule has 1 amide bonds. The molecule has 0 radical (unpaired) electrons. The lowest BCUT2D eigenvalue weighted by Gasteiger charge is -2.25. The molecule has 2 aromatic rings. The summed E-state index contributed by atoms with van der Waals surface area (Å²) >= 11 is 7.66. The molecule has 0 bridgehead atoms. The van der Waals surface area contributed by atoms with Gasteiger partial charge in [-0.25, -0.2) is 10.4 Å². The predicted octanol–water partition coefficient (Wildman–Crippen LogP) is 3.76. The molecule has 0 aromatic carbocycles. The number of carbonyl (C=O) groups is 1. The zero-order chi connectivity index (χ0) is 17.1. The van der Waals surface area contributed by atoms with Crippen molar-refractivity contribution >= 4 is 40.2 Å². The molecule has 24 heavy (non-hydrogen) atoms. The van der Waals surface area contributed by atoms with Gasteiger partial charge in [-0.3, -0.25) is 4.79 Å². The van der Waals surface area contributed by atoms with Crippen LogP contribution < -0.4 is 10.3 Å². The molecule has 0 saturated carbocycles. The minimum absolute atomic E-state index is 0.308. The highest BCUT2D eigenvalue weighted by molar-refractivity contribution is 7.17. The van der Waals surface area contributed by atoms with Gasteiger partial charge in [0.1, 0.15) is 11.5 Å². The standard InChI is InChI=1S/C16H19ClN4O2S/c1-10-8-12(11(2)23-10)15(22)20-18-9-13-14(17)19-16(24-13)21-6-4-3-5-7-21/h8-9H,3-7H2,1-2H3,(H,20,22)/b18-9-. The number of thiazole rings is 1. The van der Waals surface area contributed by atoms with Crippen molar-refractivity contribution in [2.24, 2.45) is 5.10 Å². The van der Waals surface area contributed by atoms with Crippen LogP contribution in [0.25, 0.3) is 0 Å². The largest absolute Gasteiger partial charge is 0.466 e. The van der Waals surface area contributed by atoms with Crippen molar-refractivity contribution in [3.8, 4) is 0 Å². The molecule has 0 aliphatic carbocycles. The number of anilines is 1. The summed E-state index contributed by atoms with van der Waals surface area (Å²) in [5.74, 6) is 0.958. The summed E-state index contributed by atoms with van der Waals surface area (Å²) < 4.78 is 5.34. The Morgan fingerprint density at radius 3 is 2.83 bits per heavy atom. The highest BCUT2D eigenvalue weighted by Gasteiger charge is 2.17. The molecule has 128 valence electrons. The maximum atomic E-state index is 12.1. The minimum atomic E-state index is -0.308. The normalized spacial score (nSPS) is 15.2.